The van der Waals surface area contributed by atoms with Crippen LogP contribution in [0.25, 0.3) is 0 Å². The van der Waals surface area contributed by atoms with Gasteiger partial charge in [0.25, 0.3) is 0 Å². The Morgan fingerprint density at radius 2 is 1.68 bits per heavy atom. The van der Waals surface area contributed by atoms with Crippen molar-refractivity contribution in [3.05, 3.63) is 60.3 Å². The molecule has 9 heteroatoms. The summed E-state index contributed by atoms with van der Waals surface area (Å²) in [5.74, 6) is 0.913. The maximum absolute atomic E-state index is 13.5. The first-order chi connectivity index (χ1) is 14.9. The van der Waals surface area contributed by atoms with Gasteiger partial charge in [0.1, 0.15) is 22.9 Å². The Hall–Kier alpha value is -3.49. The van der Waals surface area contributed by atoms with Crippen molar-refractivity contribution in [1.82, 2.24) is 9.97 Å². The van der Waals surface area contributed by atoms with Gasteiger partial charge in [-0.25, -0.2) is 4.98 Å². The number of rotatable bonds is 9. The topological polar surface area (TPSA) is 68.3 Å². The molecule has 1 heterocycles. The fourth-order valence-electron chi connectivity index (χ4n) is 2.70. The summed E-state index contributed by atoms with van der Waals surface area (Å²) < 4.78 is 51.4. The van der Waals surface area contributed by atoms with E-state index in [0.717, 1.165) is 12.6 Å². The minimum absolute atomic E-state index is 0.0266. The van der Waals surface area contributed by atoms with Gasteiger partial charge < -0.3 is 20.1 Å². The molecule has 0 unspecified atom stereocenters. The highest BCUT2D eigenvalue weighted by atomic mass is 19.4. The van der Waals surface area contributed by atoms with Crippen molar-refractivity contribution >= 4 is 23.1 Å². The molecule has 0 saturated heterocycles. The predicted molar refractivity (Wildman–Crippen MR) is 113 cm³/mol. The molecule has 0 spiro atoms. The number of nitrogens with zero attached hydrogens (tertiary/aromatic N) is 2. The molecule has 2 N–H and O–H groups in total. The smallest absolute Gasteiger partial charge is 0.421 e. The second-order valence-electron chi connectivity index (χ2n) is 6.54. The maximum atomic E-state index is 13.5. The molecular formula is C22H23F3N4O2. The second-order valence-corrected chi connectivity index (χ2v) is 6.54. The SMILES string of the molecule is CCCOc1ccc(Nc2ncc(C(F)(F)F)c(Nc3cccc(OCC)c3)n2)cc1. The summed E-state index contributed by atoms with van der Waals surface area (Å²) in [7, 11) is 0. The number of hydrogen-bond acceptors (Lipinski definition) is 6. The van der Waals surface area contributed by atoms with Gasteiger partial charge in [-0.2, -0.15) is 18.2 Å². The number of aromatic nitrogens is 2. The molecule has 0 atom stereocenters. The van der Waals surface area contributed by atoms with Gasteiger partial charge in [0.15, 0.2) is 0 Å². The van der Waals surface area contributed by atoms with Crippen molar-refractivity contribution in [1.29, 1.82) is 0 Å². The van der Waals surface area contributed by atoms with E-state index in [1.807, 2.05) is 13.8 Å². The summed E-state index contributed by atoms with van der Waals surface area (Å²) in [5, 5.41) is 5.64. The van der Waals surface area contributed by atoms with E-state index in [9.17, 15) is 13.2 Å². The Labute approximate surface area is 178 Å². The van der Waals surface area contributed by atoms with Gasteiger partial charge in [0.2, 0.25) is 5.95 Å². The molecule has 0 aliphatic carbocycles. The monoisotopic (exact) mass is 432 g/mol. The third-order valence-corrected chi connectivity index (χ3v) is 4.09. The molecule has 2 aromatic carbocycles. The maximum Gasteiger partial charge on any atom is 0.421 e. The van der Waals surface area contributed by atoms with Crippen LogP contribution >= 0.6 is 0 Å². The molecule has 3 rings (SSSR count). The normalized spacial score (nSPS) is 11.1. The molecule has 3 aromatic rings. The third-order valence-electron chi connectivity index (χ3n) is 4.09. The Morgan fingerprint density at radius 1 is 0.903 bits per heavy atom. The molecule has 0 aliphatic rings. The number of nitrogens with one attached hydrogen (secondary N) is 2. The minimum Gasteiger partial charge on any atom is -0.494 e. The van der Waals surface area contributed by atoms with Gasteiger partial charge in [-0.15, -0.1) is 0 Å². The lowest BCUT2D eigenvalue weighted by molar-refractivity contribution is -0.137. The largest absolute Gasteiger partial charge is 0.494 e. The Kier molecular flexibility index (Phi) is 7.17. The molecule has 31 heavy (non-hydrogen) atoms. The average Bonchev–Trinajstić information content (AvgIpc) is 2.73. The van der Waals surface area contributed by atoms with Crippen LogP contribution < -0.4 is 20.1 Å². The molecule has 0 radical (unpaired) electrons. The van der Waals surface area contributed by atoms with Crippen molar-refractivity contribution in [2.45, 2.75) is 26.4 Å². The first-order valence-electron chi connectivity index (χ1n) is 9.83. The van der Waals surface area contributed by atoms with Gasteiger partial charge in [0, 0.05) is 23.6 Å². The van der Waals surface area contributed by atoms with Gasteiger partial charge >= 0.3 is 6.18 Å². The lowest BCUT2D eigenvalue weighted by atomic mass is 10.2. The summed E-state index contributed by atoms with van der Waals surface area (Å²) in [4.78, 5) is 7.88. The van der Waals surface area contributed by atoms with Crippen molar-refractivity contribution < 1.29 is 22.6 Å². The lowest BCUT2D eigenvalue weighted by Crippen LogP contribution is -2.12. The Balaban J connectivity index is 1.84. The van der Waals surface area contributed by atoms with Gasteiger partial charge in [-0.05, 0) is 49.7 Å². The molecule has 0 amide bonds. The second kappa shape index (κ2) is 10.0. The lowest BCUT2D eigenvalue weighted by Gasteiger charge is -2.15. The summed E-state index contributed by atoms with van der Waals surface area (Å²) in [5.41, 5.74) is 0.0644. The highest BCUT2D eigenvalue weighted by Gasteiger charge is 2.35. The first-order valence-corrected chi connectivity index (χ1v) is 9.83. The number of anilines is 4. The average molecular weight is 432 g/mol. The molecule has 0 saturated carbocycles. The van der Waals surface area contributed by atoms with E-state index in [4.69, 9.17) is 9.47 Å². The number of alkyl halides is 3. The molecule has 0 aliphatic heterocycles. The molecule has 1 aromatic heterocycles. The highest BCUT2D eigenvalue weighted by molar-refractivity contribution is 5.64. The summed E-state index contributed by atoms with van der Waals surface area (Å²) >= 11 is 0. The van der Waals surface area contributed by atoms with Crippen LogP contribution in [0.3, 0.4) is 0 Å². The van der Waals surface area contributed by atoms with Crippen LogP contribution in [0.4, 0.5) is 36.3 Å². The summed E-state index contributed by atoms with van der Waals surface area (Å²) in [6.07, 6.45) is -2.97. The molecule has 164 valence electrons. The van der Waals surface area contributed by atoms with E-state index in [1.165, 1.54) is 0 Å². The van der Waals surface area contributed by atoms with E-state index < -0.39 is 11.7 Å². The standard InChI is InChI=1S/C22H23F3N4O2/c1-3-12-31-17-10-8-15(9-11-17)28-21-26-14-19(22(23,24)25)20(29-21)27-16-6-5-7-18(13-16)30-4-2/h5-11,13-14H,3-4,12H2,1-2H3,(H2,26,27,28,29). The predicted octanol–water partition coefficient (Wildman–Crippen LogP) is 6.17. The molecule has 0 fully saturated rings. The van der Waals surface area contributed by atoms with Crippen molar-refractivity contribution in [2.24, 2.45) is 0 Å². The fourth-order valence-corrected chi connectivity index (χ4v) is 2.70. The third kappa shape index (κ3) is 6.24. The summed E-state index contributed by atoms with van der Waals surface area (Å²) in [6.45, 7) is 4.89. The van der Waals surface area contributed by atoms with Crippen LogP contribution in [-0.4, -0.2) is 23.2 Å². The summed E-state index contributed by atoms with van der Waals surface area (Å²) in [6, 6.07) is 13.7. The molecular weight excluding hydrogens is 409 g/mol. The zero-order valence-electron chi connectivity index (χ0n) is 17.2. The van der Waals surface area contributed by atoms with Crippen molar-refractivity contribution in [2.75, 3.05) is 23.8 Å². The zero-order chi connectivity index (χ0) is 22.3. The quantitative estimate of drug-likeness (QED) is 0.421. The van der Waals surface area contributed by atoms with E-state index in [1.54, 1.807) is 48.5 Å². The number of hydrogen-bond donors (Lipinski definition) is 2. The fraction of sp³-hybridized carbons (Fsp3) is 0.273. The van der Waals surface area contributed by atoms with Crippen LogP contribution in [-0.2, 0) is 6.18 Å². The number of ether oxygens (including phenoxy) is 2. The molecule has 0 bridgehead atoms. The van der Waals surface area contributed by atoms with Gasteiger partial charge in [-0.1, -0.05) is 13.0 Å². The van der Waals surface area contributed by atoms with Crippen LogP contribution in [0.1, 0.15) is 25.8 Å². The van der Waals surface area contributed by atoms with Crippen LogP contribution in [0.15, 0.2) is 54.7 Å². The van der Waals surface area contributed by atoms with Crippen LogP contribution in [0.5, 0.6) is 11.5 Å². The number of benzene rings is 2. The van der Waals surface area contributed by atoms with E-state index in [2.05, 4.69) is 20.6 Å². The van der Waals surface area contributed by atoms with Crippen molar-refractivity contribution in [3.63, 3.8) is 0 Å². The Bertz CT molecular complexity index is 995. The van der Waals surface area contributed by atoms with Crippen molar-refractivity contribution in [3.8, 4) is 11.5 Å². The van der Waals surface area contributed by atoms with Gasteiger partial charge in [-0.3, -0.25) is 0 Å². The van der Waals surface area contributed by atoms with E-state index >= 15 is 0 Å². The van der Waals surface area contributed by atoms with Crippen LogP contribution in [0.2, 0.25) is 0 Å². The molecule has 6 nitrogen and oxygen atoms in total. The van der Waals surface area contributed by atoms with E-state index in [0.29, 0.717) is 36.1 Å². The van der Waals surface area contributed by atoms with Crippen LogP contribution in [0, 0.1) is 0 Å². The minimum atomic E-state index is -4.61. The van der Waals surface area contributed by atoms with E-state index in [-0.39, 0.29) is 11.8 Å². The zero-order valence-corrected chi connectivity index (χ0v) is 17.2. The first kappa shape index (κ1) is 22.2. The Morgan fingerprint density at radius 3 is 2.35 bits per heavy atom. The van der Waals surface area contributed by atoms with Gasteiger partial charge in [0.05, 0.1) is 13.2 Å². The highest BCUT2D eigenvalue weighted by Crippen LogP contribution is 2.35. The number of halogens is 3.